The number of anilines is 1. The van der Waals surface area contributed by atoms with Crippen LogP contribution < -0.4 is 5.73 Å². The van der Waals surface area contributed by atoms with Gasteiger partial charge < -0.3 is 15.6 Å². The third-order valence-corrected chi connectivity index (χ3v) is 5.40. The van der Waals surface area contributed by atoms with Gasteiger partial charge in [-0.3, -0.25) is 4.90 Å². The van der Waals surface area contributed by atoms with Crippen LogP contribution in [0.5, 0.6) is 0 Å². The molecule has 2 bridgehead atoms. The molecule has 1 fully saturated rings. The van der Waals surface area contributed by atoms with E-state index in [2.05, 4.69) is 4.90 Å². The SMILES string of the molecule is CCOC(=O)c1c(N)sc2c1C1CCC2N(CCO)C1. The van der Waals surface area contributed by atoms with Crippen molar-refractivity contribution in [3.05, 3.63) is 16.0 Å². The van der Waals surface area contributed by atoms with E-state index in [4.69, 9.17) is 10.5 Å². The molecule has 1 aromatic heterocycles. The molecule has 6 heteroatoms. The van der Waals surface area contributed by atoms with Crippen LogP contribution >= 0.6 is 11.3 Å². The summed E-state index contributed by atoms with van der Waals surface area (Å²) in [5.41, 5.74) is 7.80. The van der Waals surface area contributed by atoms with E-state index in [0.29, 0.717) is 35.7 Å². The van der Waals surface area contributed by atoms with Crippen LogP contribution in [0.3, 0.4) is 0 Å². The molecule has 2 unspecified atom stereocenters. The van der Waals surface area contributed by atoms with Gasteiger partial charge in [-0.15, -0.1) is 11.3 Å². The zero-order valence-electron chi connectivity index (χ0n) is 11.6. The summed E-state index contributed by atoms with van der Waals surface area (Å²) in [4.78, 5) is 15.6. The Morgan fingerprint density at radius 2 is 2.35 bits per heavy atom. The molecule has 4 rings (SSSR count). The number of nitrogen functional groups attached to an aromatic ring is 1. The standard InChI is InChI=1S/C14H20N2O3S/c1-2-19-14(18)11-10-8-3-4-9(12(10)20-13(11)15)16(7-8)5-6-17/h8-9,17H,2-7,15H2,1H3. The van der Waals surface area contributed by atoms with Crippen molar-refractivity contribution in [1.29, 1.82) is 0 Å². The minimum atomic E-state index is -0.288. The van der Waals surface area contributed by atoms with E-state index in [-0.39, 0.29) is 12.6 Å². The predicted molar refractivity (Wildman–Crippen MR) is 78.1 cm³/mol. The highest BCUT2D eigenvalue weighted by Gasteiger charge is 2.43. The lowest BCUT2D eigenvalue weighted by Gasteiger charge is -2.45. The number of hydrogen-bond donors (Lipinski definition) is 2. The van der Waals surface area contributed by atoms with Gasteiger partial charge >= 0.3 is 5.97 Å². The number of aliphatic hydroxyl groups is 1. The summed E-state index contributed by atoms with van der Waals surface area (Å²) in [6.45, 7) is 3.94. The Balaban J connectivity index is 2.00. The van der Waals surface area contributed by atoms with Crippen molar-refractivity contribution >= 4 is 22.3 Å². The zero-order chi connectivity index (χ0) is 14.3. The molecule has 3 N–H and O–H groups in total. The first-order valence-electron chi connectivity index (χ1n) is 7.11. The minimum Gasteiger partial charge on any atom is -0.462 e. The van der Waals surface area contributed by atoms with Gasteiger partial charge in [0.05, 0.1) is 18.8 Å². The lowest BCUT2D eigenvalue weighted by atomic mass is 9.77. The van der Waals surface area contributed by atoms with Gasteiger partial charge in [0.25, 0.3) is 0 Å². The summed E-state index contributed by atoms with van der Waals surface area (Å²) < 4.78 is 5.15. The summed E-state index contributed by atoms with van der Waals surface area (Å²) in [6, 6.07) is 0.303. The third kappa shape index (κ3) is 2.03. The van der Waals surface area contributed by atoms with E-state index in [1.54, 1.807) is 0 Å². The smallest absolute Gasteiger partial charge is 0.341 e. The van der Waals surface area contributed by atoms with Gasteiger partial charge in [0, 0.05) is 24.0 Å². The number of nitrogens with two attached hydrogens (primary N) is 1. The third-order valence-electron chi connectivity index (χ3n) is 4.26. The quantitative estimate of drug-likeness (QED) is 0.828. The Morgan fingerprint density at radius 3 is 3.05 bits per heavy atom. The maximum Gasteiger partial charge on any atom is 0.341 e. The number of piperidine rings is 1. The number of fused-ring (bicyclic) bond motifs is 2. The van der Waals surface area contributed by atoms with E-state index in [1.807, 2.05) is 6.92 Å². The molecule has 1 saturated heterocycles. The Hall–Kier alpha value is -1.11. The van der Waals surface area contributed by atoms with Gasteiger partial charge in [0.15, 0.2) is 0 Å². The molecule has 0 saturated carbocycles. The summed E-state index contributed by atoms with van der Waals surface area (Å²) in [7, 11) is 0. The molecule has 1 aliphatic carbocycles. The van der Waals surface area contributed by atoms with Crippen LogP contribution in [0, 0.1) is 0 Å². The molecule has 110 valence electrons. The molecular formula is C14H20N2O3S. The fourth-order valence-electron chi connectivity index (χ4n) is 3.50. The van der Waals surface area contributed by atoms with Crippen molar-refractivity contribution in [2.45, 2.75) is 31.7 Å². The van der Waals surface area contributed by atoms with Crippen molar-refractivity contribution in [3.63, 3.8) is 0 Å². The normalized spacial score (nSPS) is 24.7. The van der Waals surface area contributed by atoms with E-state index in [9.17, 15) is 9.90 Å². The molecule has 2 atom stereocenters. The number of rotatable bonds is 4. The van der Waals surface area contributed by atoms with Gasteiger partial charge in [-0.1, -0.05) is 0 Å². The van der Waals surface area contributed by atoms with Gasteiger partial charge in [-0.2, -0.15) is 0 Å². The van der Waals surface area contributed by atoms with Gasteiger partial charge in [0.2, 0.25) is 0 Å². The highest BCUT2D eigenvalue weighted by molar-refractivity contribution is 7.16. The number of carbonyl (C=O) groups is 1. The van der Waals surface area contributed by atoms with Gasteiger partial charge in [-0.05, 0) is 31.2 Å². The van der Waals surface area contributed by atoms with Crippen molar-refractivity contribution < 1.29 is 14.6 Å². The summed E-state index contributed by atoms with van der Waals surface area (Å²) in [6.07, 6.45) is 2.17. The van der Waals surface area contributed by atoms with Gasteiger partial charge in [-0.25, -0.2) is 4.79 Å². The van der Waals surface area contributed by atoms with Crippen LogP contribution in [0.4, 0.5) is 5.00 Å². The Kier molecular flexibility index (Phi) is 3.70. The van der Waals surface area contributed by atoms with E-state index in [0.717, 1.165) is 24.9 Å². The van der Waals surface area contributed by atoms with E-state index in [1.165, 1.54) is 16.2 Å². The molecule has 2 aliphatic heterocycles. The molecule has 0 aromatic carbocycles. The van der Waals surface area contributed by atoms with Crippen LogP contribution in [-0.4, -0.2) is 42.3 Å². The zero-order valence-corrected chi connectivity index (χ0v) is 12.4. The molecular weight excluding hydrogens is 276 g/mol. The second-order valence-electron chi connectivity index (χ2n) is 5.35. The van der Waals surface area contributed by atoms with Crippen molar-refractivity contribution in [2.75, 3.05) is 32.0 Å². The second kappa shape index (κ2) is 5.35. The molecule has 3 heterocycles. The van der Waals surface area contributed by atoms with Gasteiger partial charge in [0.1, 0.15) is 5.00 Å². The number of esters is 1. The maximum atomic E-state index is 12.1. The van der Waals surface area contributed by atoms with Crippen LogP contribution in [0.25, 0.3) is 0 Å². The number of thiophene rings is 1. The van der Waals surface area contributed by atoms with Crippen LogP contribution in [0.1, 0.15) is 52.5 Å². The average molecular weight is 296 g/mol. The largest absolute Gasteiger partial charge is 0.462 e. The summed E-state index contributed by atoms with van der Waals surface area (Å²) >= 11 is 1.52. The molecule has 0 spiro atoms. The lowest BCUT2D eigenvalue weighted by molar-refractivity contribution is 0.0518. The number of carbonyl (C=O) groups excluding carboxylic acids is 1. The van der Waals surface area contributed by atoms with Crippen molar-refractivity contribution in [2.24, 2.45) is 0 Å². The first-order chi connectivity index (χ1) is 9.67. The number of ether oxygens (including phenoxy) is 1. The number of hydrogen-bond acceptors (Lipinski definition) is 6. The molecule has 20 heavy (non-hydrogen) atoms. The summed E-state index contributed by atoms with van der Waals surface area (Å²) in [5, 5.41) is 9.76. The highest BCUT2D eigenvalue weighted by atomic mass is 32.1. The topological polar surface area (TPSA) is 75.8 Å². The fourth-order valence-corrected chi connectivity index (χ4v) is 4.81. The van der Waals surface area contributed by atoms with E-state index >= 15 is 0 Å². The highest BCUT2D eigenvalue weighted by Crippen LogP contribution is 2.52. The molecule has 0 radical (unpaired) electrons. The maximum absolute atomic E-state index is 12.1. The van der Waals surface area contributed by atoms with Crippen LogP contribution in [0.2, 0.25) is 0 Å². The first-order valence-corrected chi connectivity index (χ1v) is 7.93. The summed E-state index contributed by atoms with van der Waals surface area (Å²) in [5.74, 6) is 0.0539. The Labute approximate surface area is 122 Å². The van der Waals surface area contributed by atoms with Crippen LogP contribution in [0.15, 0.2) is 0 Å². The Bertz CT molecular complexity index is 529. The Morgan fingerprint density at radius 1 is 1.55 bits per heavy atom. The molecule has 5 nitrogen and oxygen atoms in total. The number of nitrogens with zero attached hydrogens (tertiary/aromatic N) is 1. The first kappa shape index (κ1) is 13.9. The fraction of sp³-hybridized carbons (Fsp3) is 0.643. The second-order valence-corrected chi connectivity index (χ2v) is 6.43. The molecule has 1 aromatic rings. The molecule has 0 amide bonds. The molecule has 3 aliphatic rings. The minimum absolute atomic E-state index is 0.171. The van der Waals surface area contributed by atoms with Crippen LogP contribution in [-0.2, 0) is 4.74 Å². The van der Waals surface area contributed by atoms with Crippen molar-refractivity contribution in [1.82, 2.24) is 4.90 Å². The lowest BCUT2D eigenvalue weighted by Crippen LogP contribution is -2.43. The predicted octanol–water partition coefficient (Wildman–Crippen LogP) is 1.73. The average Bonchev–Trinajstić information content (AvgIpc) is 2.78. The monoisotopic (exact) mass is 296 g/mol. The number of aliphatic hydroxyl groups excluding tert-OH is 1. The van der Waals surface area contributed by atoms with E-state index < -0.39 is 0 Å². The van der Waals surface area contributed by atoms with Crippen molar-refractivity contribution in [3.8, 4) is 0 Å².